The van der Waals surface area contributed by atoms with E-state index in [1.165, 1.54) is 20.3 Å². The molecule has 0 spiro atoms. The van der Waals surface area contributed by atoms with Gasteiger partial charge in [0.15, 0.2) is 23.0 Å². The first-order valence-corrected chi connectivity index (χ1v) is 17.4. The van der Waals surface area contributed by atoms with Crippen molar-refractivity contribution in [1.29, 1.82) is 0 Å². The summed E-state index contributed by atoms with van der Waals surface area (Å²) in [7, 11) is 2.90. The Morgan fingerprint density at radius 1 is 0.922 bits per heavy atom. The van der Waals surface area contributed by atoms with Gasteiger partial charge in [-0.15, -0.1) is 0 Å². The Morgan fingerprint density at radius 3 is 2.49 bits per heavy atom. The molecule has 0 aromatic heterocycles. The molecule has 4 aromatic rings. The average molecular weight is 695 g/mol. The van der Waals surface area contributed by atoms with Gasteiger partial charge >= 0.3 is 0 Å². The molecular formula is C41H46N2O8. The van der Waals surface area contributed by atoms with Crippen molar-refractivity contribution in [2.24, 2.45) is 11.8 Å². The summed E-state index contributed by atoms with van der Waals surface area (Å²) in [6.07, 6.45) is 5.61. The number of carbonyl (C=O) groups excluding carboxylic acids is 1. The number of hydrogen-bond donors (Lipinski definition) is 7. The molecule has 268 valence electrons. The Labute approximate surface area is 297 Å². The van der Waals surface area contributed by atoms with Crippen molar-refractivity contribution in [3.05, 3.63) is 101 Å². The van der Waals surface area contributed by atoms with Gasteiger partial charge in [0.2, 0.25) is 5.75 Å². The highest BCUT2D eigenvalue weighted by molar-refractivity contribution is 5.91. The topological polar surface area (TPSA) is 161 Å². The van der Waals surface area contributed by atoms with E-state index in [1.54, 1.807) is 36.4 Å². The molecule has 0 aliphatic carbocycles. The number of hydrogen-bond acceptors (Lipinski definition) is 10. The van der Waals surface area contributed by atoms with Crippen LogP contribution < -0.4 is 20.1 Å². The smallest absolute Gasteiger partial charge is 0.200 e. The zero-order chi connectivity index (χ0) is 36.2. The maximum Gasteiger partial charge on any atom is 0.200 e. The van der Waals surface area contributed by atoms with Crippen LogP contribution in [-0.4, -0.2) is 58.2 Å². The molecule has 0 radical (unpaired) electrons. The number of carbonyl (C=O) groups is 1. The fourth-order valence-corrected chi connectivity index (χ4v) is 7.67. The van der Waals surface area contributed by atoms with Crippen LogP contribution >= 0.6 is 0 Å². The molecule has 4 unspecified atom stereocenters. The highest BCUT2D eigenvalue weighted by Gasteiger charge is 2.37. The van der Waals surface area contributed by atoms with Crippen LogP contribution in [0.4, 0.5) is 5.69 Å². The third-order valence-electron chi connectivity index (χ3n) is 10.3. The molecule has 0 fully saturated rings. The number of ketones is 1. The molecule has 4 aromatic carbocycles. The van der Waals surface area contributed by atoms with Gasteiger partial charge in [0, 0.05) is 18.7 Å². The summed E-state index contributed by atoms with van der Waals surface area (Å²) >= 11 is 0. The fraction of sp³-hybridized carbons (Fsp3) is 0.341. The summed E-state index contributed by atoms with van der Waals surface area (Å²) in [5.74, 6) is -0.815. The normalized spacial score (nSPS) is 19.9. The lowest BCUT2D eigenvalue weighted by Crippen LogP contribution is -2.37. The van der Waals surface area contributed by atoms with Crippen LogP contribution in [0.5, 0.6) is 34.5 Å². The quantitative estimate of drug-likeness (QED) is 0.0979. The maximum absolute atomic E-state index is 14.8. The molecule has 0 amide bonds. The standard InChI is InChI=1S/C41H46N2O8/c1-4-29-26-15-16-42-39(22-26)43-32-12-8-25-18-28(44)9-11-30(25)31(32)10-7-24(27-20-36(48)41(49)38(21-27)51-3)19-35(47)40(29)34(46)14-6-23-5-13-33(45)37(17-23)50-2/h5,8-9,11-13,15,17-18,20-22,24,29,34,40,42-46,48-49H,4,6-7,10,14,16,19H2,1-3H3. The lowest BCUT2D eigenvalue weighted by molar-refractivity contribution is -0.129. The van der Waals surface area contributed by atoms with E-state index >= 15 is 0 Å². The van der Waals surface area contributed by atoms with Crippen molar-refractivity contribution in [1.82, 2.24) is 5.32 Å². The number of rotatable bonds is 8. The number of aliphatic hydroxyl groups excluding tert-OH is 1. The second-order valence-electron chi connectivity index (χ2n) is 13.4. The number of aryl methyl sites for hydroxylation is 2. The summed E-state index contributed by atoms with van der Waals surface area (Å²) in [5.41, 5.74) is 4.35. The van der Waals surface area contributed by atoms with Gasteiger partial charge < -0.3 is 45.6 Å². The SMILES string of the molecule is CCC1C2=CCNC(=C2)Nc2ccc3cc(O)ccc3c2CCC(c2cc(O)c(O)c(OC)c2)CC(=O)C1C(O)CCc1ccc(O)c(OC)c1. The molecular weight excluding hydrogens is 648 g/mol. The molecule has 10 heteroatoms. The number of methoxy groups -OCH3 is 2. The summed E-state index contributed by atoms with van der Waals surface area (Å²) in [4.78, 5) is 14.8. The number of anilines is 1. The summed E-state index contributed by atoms with van der Waals surface area (Å²) < 4.78 is 10.7. The molecule has 51 heavy (non-hydrogen) atoms. The van der Waals surface area contributed by atoms with Gasteiger partial charge in [-0.25, -0.2) is 0 Å². The predicted octanol–water partition coefficient (Wildman–Crippen LogP) is 6.79. The number of fused-ring (bicyclic) bond motifs is 4. The van der Waals surface area contributed by atoms with Gasteiger partial charge in [-0.1, -0.05) is 31.2 Å². The molecule has 2 aliphatic heterocycles. The van der Waals surface area contributed by atoms with Crippen LogP contribution in [-0.2, 0) is 17.6 Å². The van der Waals surface area contributed by atoms with Crippen molar-refractivity contribution in [2.75, 3.05) is 26.1 Å². The van der Waals surface area contributed by atoms with Gasteiger partial charge in [-0.3, -0.25) is 4.79 Å². The van der Waals surface area contributed by atoms with E-state index < -0.39 is 17.9 Å². The Kier molecular flexibility index (Phi) is 10.6. The summed E-state index contributed by atoms with van der Waals surface area (Å²) in [6, 6.07) is 17.5. The third-order valence-corrected chi connectivity index (χ3v) is 10.3. The van der Waals surface area contributed by atoms with E-state index in [1.807, 2.05) is 31.2 Å². The van der Waals surface area contributed by atoms with E-state index in [4.69, 9.17) is 9.47 Å². The predicted molar refractivity (Wildman–Crippen MR) is 197 cm³/mol. The Balaban J connectivity index is 1.43. The molecule has 0 saturated heterocycles. The lowest BCUT2D eigenvalue weighted by atomic mass is 9.73. The largest absolute Gasteiger partial charge is 0.508 e. The second kappa shape index (κ2) is 15.3. The second-order valence-corrected chi connectivity index (χ2v) is 13.4. The highest BCUT2D eigenvalue weighted by Crippen LogP contribution is 2.43. The lowest BCUT2D eigenvalue weighted by Gasteiger charge is -2.33. The van der Waals surface area contributed by atoms with Crippen LogP contribution in [0.1, 0.15) is 55.2 Å². The van der Waals surface area contributed by atoms with Crippen molar-refractivity contribution in [2.45, 2.75) is 57.5 Å². The minimum absolute atomic E-state index is 0.0311. The number of aliphatic hydroxyl groups is 1. The minimum atomic E-state index is -0.981. The third kappa shape index (κ3) is 7.56. The number of nitrogens with one attached hydrogen (secondary N) is 2. The maximum atomic E-state index is 14.8. The summed E-state index contributed by atoms with van der Waals surface area (Å²) in [6.45, 7) is 2.57. The monoisotopic (exact) mass is 694 g/mol. The van der Waals surface area contributed by atoms with Crippen molar-refractivity contribution < 1.29 is 39.8 Å². The van der Waals surface area contributed by atoms with Crippen LogP contribution in [0, 0.1) is 11.8 Å². The zero-order valence-corrected chi connectivity index (χ0v) is 29.1. The number of benzene rings is 4. The van der Waals surface area contributed by atoms with Crippen LogP contribution in [0.25, 0.3) is 10.8 Å². The summed E-state index contributed by atoms with van der Waals surface area (Å²) in [5, 5.41) is 62.3. The minimum Gasteiger partial charge on any atom is -0.508 e. The molecule has 2 bridgehead atoms. The Bertz CT molecular complexity index is 1990. The number of aromatic hydroxyl groups is 4. The van der Waals surface area contributed by atoms with Gasteiger partial charge in [0.1, 0.15) is 17.4 Å². The molecule has 7 N–H and O–H groups in total. The van der Waals surface area contributed by atoms with E-state index in [0.29, 0.717) is 50.0 Å². The van der Waals surface area contributed by atoms with Crippen LogP contribution in [0.3, 0.4) is 0 Å². The van der Waals surface area contributed by atoms with Crippen molar-refractivity contribution >= 4 is 22.2 Å². The van der Waals surface area contributed by atoms with Gasteiger partial charge in [-0.05, 0) is 126 Å². The van der Waals surface area contributed by atoms with E-state index in [9.17, 15) is 30.3 Å². The number of phenols is 4. The number of phenolic OH excluding ortho intramolecular Hbond substituents is 4. The average Bonchev–Trinajstić information content (AvgIpc) is 3.13. The van der Waals surface area contributed by atoms with E-state index in [0.717, 1.165) is 39.0 Å². The highest BCUT2D eigenvalue weighted by atomic mass is 16.5. The molecule has 10 nitrogen and oxygen atoms in total. The van der Waals surface area contributed by atoms with Crippen molar-refractivity contribution in [3.8, 4) is 34.5 Å². The first-order chi connectivity index (χ1) is 24.6. The first kappa shape index (κ1) is 35.5. The molecule has 6 rings (SSSR count). The molecule has 2 aliphatic rings. The van der Waals surface area contributed by atoms with E-state index in [2.05, 4.69) is 16.7 Å². The number of allylic oxidation sites excluding steroid dienone is 2. The zero-order valence-electron chi connectivity index (χ0n) is 29.1. The van der Waals surface area contributed by atoms with Gasteiger partial charge in [-0.2, -0.15) is 0 Å². The Morgan fingerprint density at radius 2 is 1.73 bits per heavy atom. The number of dihydropyridines is 1. The first-order valence-electron chi connectivity index (χ1n) is 17.4. The number of Topliss-reactive ketones (excluding diaryl/α,β-unsaturated/α-hetero) is 1. The van der Waals surface area contributed by atoms with Crippen LogP contribution in [0.15, 0.2) is 84.2 Å². The van der Waals surface area contributed by atoms with Crippen LogP contribution in [0.2, 0.25) is 0 Å². The van der Waals surface area contributed by atoms with Gasteiger partial charge in [0.05, 0.1) is 26.2 Å². The molecule has 4 atom stereocenters. The van der Waals surface area contributed by atoms with Gasteiger partial charge in [0.25, 0.3) is 0 Å². The Hall–Kier alpha value is -5.35. The fourth-order valence-electron chi connectivity index (χ4n) is 7.67. The molecule has 0 saturated carbocycles. The molecule has 2 heterocycles. The number of ether oxygens (including phenoxy) is 2. The van der Waals surface area contributed by atoms with Crippen molar-refractivity contribution in [3.63, 3.8) is 0 Å². The van der Waals surface area contributed by atoms with E-state index in [-0.39, 0.29) is 46.9 Å².